The Kier molecular flexibility index (Phi) is 14.7. The number of aliphatic imine (C=N–C) groups is 1. The number of amides is 2. The molecule has 48 heavy (non-hydrogen) atoms. The molecular formula is C35H46F3N3O6S. The number of anilines is 1. The largest absolute Gasteiger partial charge is 0.496 e. The van der Waals surface area contributed by atoms with E-state index in [1.807, 2.05) is 6.92 Å². The Morgan fingerprint density at radius 1 is 1.08 bits per heavy atom. The number of fused-ring (bicyclic) bond motifs is 2. The molecule has 0 aromatic heterocycles. The van der Waals surface area contributed by atoms with Crippen molar-refractivity contribution < 1.29 is 41.7 Å². The summed E-state index contributed by atoms with van der Waals surface area (Å²) in [4.78, 5) is 31.6. The van der Waals surface area contributed by atoms with Crippen molar-refractivity contribution in [2.75, 3.05) is 51.7 Å². The first-order valence-electron chi connectivity index (χ1n) is 15.9. The highest BCUT2D eigenvalue weighted by atomic mass is 32.2. The second-order valence-electron chi connectivity index (χ2n) is 11.9. The van der Waals surface area contributed by atoms with Crippen LogP contribution < -0.4 is 24.8 Å². The summed E-state index contributed by atoms with van der Waals surface area (Å²) in [5, 5.41) is 5.19. The summed E-state index contributed by atoms with van der Waals surface area (Å²) in [5.74, 6) is 1.87. The average Bonchev–Trinajstić information content (AvgIpc) is 3.03. The zero-order valence-corrected chi connectivity index (χ0v) is 29.3. The van der Waals surface area contributed by atoms with Gasteiger partial charge >= 0.3 is 6.18 Å². The molecule has 0 bridgehead atoms. The first kappa shape index (κ1) is 38.7. The molecule has 0 radical (unpaired) electrons. The van der Waals surface area contributed by atoms with Gasteiger partial charge in [0.2, 0.25) is 0 Å². The van der Waals surface area contributed by atoms with Gasteiger partial charge in [0.15, 0.2) is 11.5 Å². The average molecular weight is 694 g/mol. The Balaban J connectivity index is 0.000000488. The Morgan fingerprint density at radius 3 is 2.40 bits per heavy atom. The first-order chi connectivity index (χ1) is 22.8. The fourth-order valence-corrected chi connectivity index (χ4v) is 6.38. The standard InChI is InChI=1S/C25H24F3N3O5S.C10H22O/c1-13(25(26,27)28)6-7-29-23(32)15-10-19-20(36-9-8-35-19)11-17(15)31-24(33)21-18(34-3)5-4-16-22(21)37-12-14(2)30-16;1-5-6-9(2)7-10(3)8-11-4/h4-5,10-11H,1,6-9,12H2,2-3H3,(H,29,32)(H,31,33);9-10H,5-8H2,1-4H3. The number of nitrogens with zero attached hydrogens (tertiary/aromatic N) is 1. The van der Waals surface area contributed by atoms with Crippen LogP contribution in [0.25, 0.3) is 0 Å². The number of methoxy groups -OCH3 is 2. The minimum atomic E-state index is -4.55. The van der Waals surface area contributed by atoms with Crippen LogP contribution in [0.2, 0.25) is 0 Å². The molecule has 9 nitrogen and oxygen atoms in total. The van der Waals surface area contributed by atoms with Crippen molar-refractivity contribution in [2.45, 2.75) is 64.5 Å². The number of hydrogen-bond donors (Lipinski definition) is 2. The second kappa shape index (κ2) is 18.2. The van der Waals surface area contributed by atoms with Crippen LogP contribution in [-0.4, -0.2) is 70.0 Å². The SMILES string of the molecule is C=C(CCNC(=O)c1cc2c(cc1NC(=O)c1c(OC)ccc3c1SCC(C)=N3)OCCO2)C(F)(F)F.CCCC(C)CC(C)COC. The van der Waals surface area contributed by atoms with Crippen LogP contribution >= 0.6 is 11.8 Å². The second-order valence-corrected chi connectivity index (χ2v) is 12.9. The molecule has 2 aromatic rings. The highest BCUT2D eigenvalue weighted by molar-refractivity contribution is 8.00. The molecule has 264 valence electrons. The van der Waals surface area contributed by atoms with Gasteiger partial charge in [-0.2, -0.15) is 13.2 Å². The maximum Gasteiger partial charge on any atom is 0.412 e. The summed E-state index contributed by atoms with van der Waals surface area (Å²) >= 11 is 1.45. The third-order valence-electron chi connectivity index (χ3n) is 7.61. The molecule has 0 saturated heterocycles. The Hall–Kier alpha value is -3.71. The highest BCUT2D eigenvalue weighted by Gasteiger charge is 2.31. The molecule has 2 aromatic carbocycles. The zero-order chi connectivity index (χ0) is 35.4. The van der Waals surface area contributed by atoms with Crippen LogP contribution in [-0.2, 0) is 4.74 Å². The van der Waals surface area contributed by atoms with Crippen LogP contribution in [0.1, 0.15) is 74.1 Å². The zero-order valence-electron chi connectivity index (χ0n) is 28.5. The van der Waals surface area contributed by atoms with Gasteiger partial charge in [-0.1, -0.05) is 40.2 Å². The number of nitrogens with one attached hydrogen (secondary N) is 2. The lowest BCUT2D eigenvalue weighted by Gasteiger charge is -2.22. The van der Waals surface area contributed by atoms with Gasteiger partial charge in [0.05, 0.1) is 29.6 Å². The summed E-state index contributed by atoms with van der Waals surface area (Å²) in [6, 6.07) is 6.24. The van der Waals surface area contributed by atoms with Crippen molar-refractivity contribution in [1.29, 1.82) is 0 Å². The number of benzene rings is 2. The molecule has 0 spiro atoms. The van der Waals surface area contributed by atoms with E-state index in [0.29, 0.717) is 27.8 Å². The van der Waals surface area contributed by atoms with Gasteiger partial charge in [-0.3, -0.25) is 14.6 Å². The molecular weight excluding hydrogens is 647 g/mol. The molecule has 2 aliphatic rings. The minimum absolute atomic E-state index is 0.000467. The van der Waals surface area contributed by atoms with Crippen LogP contribution in [0.3, 0.4) is 0 Å². The number of ether oxygens (including phenoxy) is 4. The van der Waals surface area contributed by atoms with E-state index in [4.69, 9.17) is 18.9 Å². The summed E-state index contributed by atoms with van der Waals surface area (Å²) in [5.41, 5.74) is 0.934. The molecule has 2 heterocycles. The summed E-state index contributed by atoms with van der Waals surface area (Å²) in [6.07, 6.45) is -1.06. The van der Waals surface area contributed by atoms with Gasteiger partial charge < -0.3 is 29.6 Å². The summed E-state index contributed by atoms with van der Waals surface area (Å²) in [7, 11) is 3.22. The highest BCUT2D eigenvalue weighted by Crippen LogP contribution is 2.42. The molecule has 0 saturated carbocycles. The van der Waals surface area contributed by atoms with Crippen molar-refractivity contribution >= 4 is 40.7 Å². The predicted molar refractivity (Wildman–Crippen MR) is 184 cm³/mol. The third kappa shape index (κ3) is 10.9. The predicted octanol–water partition coefficient (Wildman–Crippen LogP) is 8.25. The Bertz CT molecular complexity index is 1470. The minimum Gasteiger partial charge on any atom is -0.496 e. The van der Waals surface area contributed by atoms with Crippen molar-refractivity contribution in [3.63, 3.8) is 0 Å². The van der Waals surface area contributed by atoms with Crippen molar-refractivity contribution in [3.8, 4) is 17.2 Å². The van der Waals surface area contributed by atoms with Crippen molar-refractivity contribution in [2.24, 2.45) is 16.8 Å². The van der Waals surface area contributed by atoms with E-state index in [-0.39, 0.29) is 42.3 Å². The van der Waals surface area contributed by atoms with Crippen LogP contribution in [0.15, 0.2) is 46.3 Å². The number of alkyl halides is 3. The van der Waals surface area contributed by atoms with E-state index < -0.39 is 30.0 Å². The molecule has 4 rings (SSSR count). The monoisotopic (exact) mass is 693 g/mol. The third-order valence-corrected chi connectivity index (χ3v) is 8.87. The summed E-state index contributed by atoms with van der Waals surface area (Å²) in [6.45, 7) is 12.9. The maximum atomic E-state index is 13.5. The van der Waals surface area contributed by atoms with E-state index in [0.717, 1.165) is 24.2 Å². The van der Waals surface area contributed by atoms with E-state index in [1.54, 1.807) is 19.2 Å². The van der Waals surface area contributed by atoms with Gasteiger partial charge in [-0.05, 0) is 49.8 Å². The lowest BCUT2D eigenvalue weighted by atomic mass is 9.94. The van der Waals surface area contributed by atoms with E-state index in [9.17, 15) is 22.8 Å². The smallest absolute Gasteiger partial charge is 0.412 e. The number of hydrogen-bond acceptors (Lipinski definition) is 8. The van der Waals surface area contributed by atoms with Crippen LogP contribution in [0.4, 0.5) is 24.5 Å². The molecule has 2 atom stereocenters. The molecule has 2 unspecified atom stereocenters. The topological polar surface area (TPSA) is 107 Å². The Morgan fingerprint density at radius 2 is 1.77 bits per heavy atom. The van der Waals surface area contributed by atoms with E-state index in [1.165, 1.54) is 50.3 Å². The van der Waals surface area contributed by atoms with Crippen molar-refractivity contribution in [3.05, 3.63) is 47.5 Å². The van der Waals surface area contributed by atoms with Gasteiger partial charge in [-0.25, -0.2) is 0 Å². The lowest BCUT2D eigenvalue weighted by molar-refractivity contribution is -0.0934. The van der Waals surface area contributed by atoms with Crippen LogP contribution in [0, 0.1) is 11.8 Å². The molecule has 0 fully saturated rings. The fourth-order valence-electron chi connectivity index (χ4n) is 5.37. The lowest BCUT2D eigenvalue weighted by Crippen LogP contribution is -2.28. The number of thioether (sulfide) groups is 1. The number of carbonyl (C=O) groups is 2. The van der Waals surface area contributed by atoms with Gasteiger partial charge in [-0.15, -0.1) is 11.8 Å². The van der Waals surface area contributed by atoms with Crippen LogP contribution in [0.5, 0.6) is 17.2 Å². The number of carbonyl (C=O) groups excluding carboxylic acids is 2. The number of rotatable bonds is 13. The molecule has 13 heteroatoms. The maximum absolute atomic E-state index is 13.5. The summed E-state index contributed by atoms with van der Waals surface area (Å²) < 4.78 is 59.9. The molecule has 2 N–H and O–H groups in total. The van der Waals surface area contributed by atoms with E-state index in [2.05, 4.69) is 43.0 Å². The molecule has 0 aliphatic carbocycles. The van der Waals surface area contributed by atoms with Crippen molar-refractivity contribution in [1.82, 2.24) is 5.32 Å². The normalized spacial score (nSPS) is 14.7. The molecule has 2 amide bonds. The van der Waals surface area contributed by atoms with Gasteiger partial charge in [0.1, 0.15) is 19.0 Å². The van der Waals surface area contributed by atoms with E-state index >= 15 is 0 Å². The number of halogens is 3. The fraction of sp³-hybridized carbons (Fsp3) is 0.514. The molecule has 2 aliphatic heterocycles. The van der Waals surface area contributed by atoms with Gasteiger partial charge in [0.25, 0.3) is 11.8 Å². The van der Waals surface area contributed by atoms with Gasteiger partial charge in [0, 0.05) is 48.3 Å². The first-order valence-corrected chi connectivity index (χ1v) is 16.9. The quantitative estimate of drug-likeness (QED) is 0.204. The Labute approximate surface area is 285 Å².